The van der Waals surface area contributed by atoms with E-state index in [0.717, 1.165) is 42.6 Å². The van der Waals surface area contributed by atoms with Crippen LogP contribution in [0.15, 0.2) is 24.5 Å². The van der Waals surface area contributed by atoms with E-state index in [1.54, 1.807) is 12.3 Å². The molecule has 1 aromatic carbocycles. The number of aliphatic hydroxyl groups excluding tert-OH is 1. The maximum atomic E-state index is 13.9. The van der Waals surface area contributed by atoms with E-state index in [1.807, 2.05) is 17.8 Å². The molecule has 3 rings (SSSR count). The second kappa shape index (κ2) is 5.95. The highest BCUT2D eigenvalue weighted by Crippen LogP contribution is 2.28. The normalized spacial score (nSPS) is 18.9. The number of aromatic nitrogens is 2. The zero-order chi connectivity index (χ0) is 14.8. The van der Waals surface area contributed by atoms with Crippen molar-refractivity contribution < 1.29 is 14.2 Å². The number of aryl methyl sites for hydroxylation is 1. The van der Waals surface area contributed by atoms with Gasteiger partial charge in [-0.2, -0.15) is 5.10 Å². The maximum absolute atomic E-state index is 13.9. The topological polar surface area (TPSA) is 47.3 Å². The molecule has 1 N–H and O–H groups in total. The van der Waals surface area contributed by atoms with Crippen molar-refractivity contribution in [1.29, 1.82) is 0 Å². The molecular formula is C16H19FN2O2. The fourth-order valence-electron chi connectivity index (χ4n) is 2.74. The first-order valence-corrected chi connectivity index (χ1v) is 7.25. The standard InChI is InChI=1S/C16H19FN2O2/c1-11-6-12(10-20)15(17)7-14(11)13-8-18-19(9-13)16-4-2-3-5-21-16/h6-9,16,20H,2-5,10H2,1H3. The zero-order valence-electron chi connectivity index (χ0n) is 12.1. The second-order valence-electron chi connectivity index (χ2n) is 5.45. The molecular weight excluding hydrogens is 271 g/mol. The molecule has 5 heteroatoms. The zero-order valence-corrected chi connectivity index (χ0v) is 12.1. The van der Waals surface area contributed by atoms with Gasteiger partial charge in [0.05, 0.1) is 12.8 Å². The highest BCUT2D eigenvalue weighted by atomic mass is 19.1. The van der Waals surface area contributed by atoms with Crippen molar-refractivity contribution >= 4 is 0 Å². The van der Waals surface area contributed by atoms with E-state index in [0.29, 0.717) is 5.56 Å². The van der Waals surface area contributed by atoms with Gasteiger partial charge in [-0.15, -0.1) is 0 Å². The molecule has 1 saturated heterocycles. The average Bonchev–Trinajstić information content (AvgIpc) is 2.99. The minimum atomic E-state index is -0.389. The molecule has 1 aliphatic heterocycles. The Morgan fingerprint density at radius 2 is 2.29 bits per heavy atom. The Labute approximate surface area is 123 Å². The molecule has 0 saturated carbocycles. The highest BCUT2D eigenvalue weighted by molar-refractivity contribution is 5.66. The summed E-state index contributed by atoms with van der Waals surface area (Å²) in [5.74, 6) is -0.389. The summed E-state index contributed by atoms with van der Waals surface area (Å²) in [5.41, 5.74) is 2.90. The lowest BCUT2D eigenvalue weighted by molar-refractivity contribution is -0.0394. The first-order valence-electron chi connectivity index (χ1n) is 7.25. The van der Waals surface area contributed by atoms with Crippen LogP contribution in [-0.4, -0.2) is 21.5 Å². The molecule has 1 aliphatic rings. The fourth-order valence-corrected chi connectivity index (χ4v) is 2.74. The second-order valence-corrected chi connectivity index (χ2v) is 5.45. The van der Waals surface area contributed by atoms with Crippen LogP contribution in [0, 0.1) is 12.7 Å². The summed E-state index contributed by atoms with van der Waals surface area (Å²) >= 11 is 0. The third kappa shape index (κ3) is 2.84. The van der Waals surface area contributed by atoms with E-state index in [2.05, 4.69) is 5.10 Å². The van der Waals surface area contributed by atoms with Crippen molar-refractivity contribution in [2.24, 2.45) is 0 Å². The Hall–Kier alpha value is -1.72. The SMILES string of the molecule is Cc1cc(CO)c(F)cc1-c1cnn(C2CCCCO2)c1. The number of halogens is 1. The van der Waals surface area contributed by atoms with E-state index in [-0.39, 0.29) is 18.7 Å². The molecule has 1 unspecified atom stereocenters. The molecule has 2 heterocycles. The maximum Gasteiger partial charge on any atom is 0.150 e. The first-order chi connectivity index (χ1) is 10.2. The van der Waals surface area contributed by atoms with Crippen molar-refractivity contribution in [1.82, 2.24) is 9.78 Å². The predicted octanol–water partition coefficient (Wildman–Crippen LogP) is 3.19. The smallest absolute Gasteiger partial charge is 0.150 e. The van der Waals surface area contributed by atoms with Crippen molar-refractivity contribution in [2.75, 3.05) is 6.61 Å². The summed E-state index contributed by atoms with van der Waals surface area (Å²) in [4.78, 5) is 0. The molecule has 21 heavy (non-hydrogen) atoms. The van der Waals surface area contributed by atoms with Gasteiger partial charge in [-0.3, -0.25) is 0 Å². The Morgan fingerprint density at radius 3 is 3.00 bits per heavy atom. The summed E-state index contributed by atoms with van der Waals surface area (Å²) < 4.78 is 21.4. The van der Waals surface area contributed by atoms with Gasteiger partial charge < -0.3 is 9.84 Å². The number of ether oxygens (including phenoxy) is 1. The molecule has 0 aliphatic carbocycles. The van der Waals surface area contributed by atoms with Crippen molar-refractivity contribution in [3.8, 4) is 11.1 Å². The minimum absolute atomic E-state index is 0.0191. The van der Waals surface area contributed by atoms with Gasteiger partial charge in [0.1, 0.15) is 12.0 Å². The molecule has 4 nitrogen and oxygen atoms in total. The number of hydrogen-bond donors (Lipinski definition) is 1. The molecule has 1 fully saturated rings. The van der Waals surface area contributed by atoms with Gasteiger partial charge in [0.2, 0.25) is 0 Å². The van der Waals surface area contributed by atoms with Gasteiger partial charge in [-0.25, -0.2) is 9.07 Å². The summed E-state index contributed by atoms with van der Waals surface area (Å²) in [6.07, 6.45) is 6.80. The molecule has 112 valence electrons. The van der Waals surface area contributed by atoms with Crippen LogP contribution in [0.1, 0.15) is 36.6 Å². The Kier molecular flexibility index (Phi) is 4.03. The van der Waals surface area contributed by atoms with Crippen molar-refractivity contribution in [3.63, 3.8) is 0 Å². The lowest BCUT2D eigenvalue weighted by Crippen LogP contribution is -2.18. The van der Waals surface area contributed by atoms with Crippen LogP contribution in [0.5, 0.6) is 0 Å². The van der Waals surface area contributed by atoms with E-state index in [4.69, 9.17) is 9.84 Å². The van der Waals surface area contributed by atoms with Crippen LogP contribution < -0.4 is 0 Å². The Bertz CT molecular complexity index is 633. The van der Waals surface area contributed by atoms with Crippen LogP contribution in [0.25, 0.3) is 11.1 Å². The average molecular weight is 290 g/mol. The van der Waals surface area contributed by atoms with Crippen LogP contribution in [0.2, 0.25) is 0 Å². The number of hydrogen-bond acceptors (Lipinski definition) is 3. The van der Waals surface area contributed by atoms with Gasteiger partial charge in [0.25, 0.3) is 0 Å². The summed E-state index contributed by atoms with van der Waals surface area (Å²) in [7, 11) is 0. The molecule has 0 radical (unpaired) electrons. The van der Waals surface area contributed by atoms with Gasteiger partial charge in [0.15, 0.2) is 0 Å². The molecule has 0 spiro atoms. The molecule has 0 amide bonds. The molecule has 0 bridgehead atoms. The molecule has 1 aromatic heterocycles. The first kappa shape index (κ1) is 14.2. The number of rotatable bonds is 3. The number of benzene rings is 1. The summed E-state index contributed by atoms with van der Waals surface area (Å²) in [5, 5.41) is 13.5. The number of aliphatic hydroxyl groups is 1. The van der Waals surface area contributed by atoms with Crippen molar-refractivity contribution in [2.45, 2.75) is 39.0 Å². The summed E-state index contributed by atoms with van der Waals surface area (Å²) in [6.45, 7) is 2.38. The van der Waals surface area contributed by atoms with Crippen LogP contribution in [0.3, 0.4) is 0 Å². The highest BCUT2D eigenvalue weighted by Gasteiger charge is 2.17. The van der Waals surface area contributed by atoms with Crippen LogP contribution in [0.4, 0.5) is 4.39 Å². The summed E-state index contributed by atoms with van der Waals surface area (Å²) in [6, 6.07) is 3.14. The largest absolute Gasteiger partial charge is 0.392 e. The fraction of sp³-hybridized carbons (Fsp3) is 0.438. The van der Waals surface area contributed by atoms with Gasteiger partial charge >= 0.3 is 0 Å². The van der Waals surface area contributed by atoms with Crippen LogP contribution in [-0.2, 0) is 11.3 Å². The lowest BCUT2D eigenvalue weighted by Gasteiger charge is -2.22. The van der Waals surface area contributed by atoms with Gasteiger partial charge in [-0.05, 0) is 43.4 Å². The third-order valence-electron chi connectivity index (χ3n) is 3.93. The van der Waals surface area contributed by atoms with E-state index in [9.17, 15) is 4.39 Å². The number of nitrogens with zero attached hydrogens (tertiary/aromatic N) is 2. The quantitative estimate of drug-likeness (QED) is 0.944. The van der Waals surface area contributed by atoms with Gasteiger partial charge in [-0.1, -0.05) is 6.07 Å². The molecule has 1 atom stereocenters. The monoisotopic (exact) mass is 290 g/mol. The Morgan fingerprint density at radius 1 is 1.43 bits per heavy atom. The van der Waals surface area contributed by atoms with Crippen LogP contribution >= 0.6 is 0 Å². The molecule has 2 aromatic rings. The van der Waals surface area contributed by atoms with Crippen molar-refractivity contribution in [3.05, 3.63) is 41.5 Å². The lowest BCUT2D eigenvalue weighted by atomic mass is 10.0. The van der Waals surface area contributed by atoms with E-state index >= 15 is 0 Å². The predicted molar refractivity (Wildman–Crippen MR) is 77.1 cm³/mol. The van der Waals surface area contributed by atoms with Gasteiger partial charge in [0, 0.05) is 23.9 Å². The van der Waals surface area contributed by atoms with E-state index < -0.39 is 0 Å². The Balaban J connectivity index is 1.90. The van der Waals surface area contributed by atoms with E-state index in [1.165, 1.54) is 6.07 Å². The minimum Gasteiger partial charge on any atom is -0.392 e. The third-order valence-corrected chi connectivity index (χ3v) is 3.93.